The maximum Gasteiger partial charge on any atom is 0.252 e. The standard InChI is InChI=1S/C26H28N4O3/c1-3-33-20-10-8-18(9-11-20)24(31)29-26(12-13-26)25(32)28-22-17(2)16-19-6-4-5-7-21(19)30-15-14-27-23(22)30/h4-11,14-15,17,22H,3,12-13,16H2,1-2H3,(H,28,32)(H,29,31). The zero-order valence-electron chi connectivity index (χ0n) is 18.9. The zero-order chi connectivity index (χ0) is 23.0. The van der Waals surface area contributed by atoms with E-state index >= 15 is 0 Å². The molecule has 1 aliphatic heterocycles. The normalized spacial score (nSPS) is 20.1. The van der Waals surface area contributed by atoms with Gasteiger partial charge in [-0.15, -0.1) is 0 Å². The summed E-state index contributed by atoms with van der Waals surface area (Å²) >= 11 is 0. The van der Waals surface area contributed by atoms with Crippen molar-refractivity contribution in [3.63, 3.8) is 0 Å². The fourth-order valence-electron chi connectivity index (χ4n) is 4.57. The Labute approximate surface area is 193 Å². The molecule has 2 aliphatic rings. The number of rotatable bonds is 6. The quantitative estimate of drug-likeness (QED) is 0.609. The second-order valence-corrected chi connectivity index (χ2v) is 8.91. The van der Waals surface area contributed by atoms with Crippen molar-refractivity contribution in [3.8, 4) is 11.4 Å². The maximum absolute atomic E-state index is 13.4. The van der Waals surface area contributed by atoms with Gasteiger partial charge < -0.3 is 19.9 Å². The van der Waals surface area contributed by atoms with Gasteiger partial charge in [-0.2, -0.15) is 0 Å². The predicted molar refractivity (Wildman–Crippen MR) is 124 cm³/mol. The van der Waals surface area contributed by atoms with Gasteiger partial charge in [-0.25, -0.2) is 4.98 Å². The Morgan fingerprint density at radius 1 is 1.15 bits per heavy atom. The Balaban J connectivity index is 1.32. The second kappa shape index (κ2) is 8.39. The van der Waals surface area contributed by atoms with Gasteiger partial charge in [-0.05, 0) is 68.0 Å². The molecule has 5 rings (SSSR count). The number of benzene rings is 2. The van der Waals surface area contributed by atoms with Crippen molar-refractivity contribution in [2.75, 3.05) is 6.61 Å². The van der Waals surface area contributed by atoms with Crippen LogP contribution in [-0.2, 0) is 11.2 Å². The van der Waals surface area contributed by atoms with E-state index < -0.39 is 5.54 Å². The van der Waals surface area contributed by atoms with Gasteiger partial charge in [0.1, 0.15) is 17.1 Å². The molecule has 1 aromatic heterocycles. The molecule has 170 valence electrons. The molecule has 33 heavy (non-hydrogen) atoms. The first-order valence-electron chi connectivity index (χ1n) is 11.5. The van der Waals surface area contributed by atoms with Crippen LogP contribution in [0.15, 0.2) is 60.9 Å². The summed E-state index contributed by atoms with van der Waals surface area (Å²) in [6, 6.07) is 15.0. The molecule has 2 heterocycles. The molecule has 0 bridgehead atoms. The summed E-state index contributed by atoms with van der Waals surface area (Å²) in [5, 5.41) is 6.19. The molecule has 0 saturated heterocycles. The molecule has 7 nitrogen and oxygen atoms in total. The summed E-state index contributed by atoms with van der Waals surface area (Å²) in [6.07, 6.45) is 5.78. The van der Waals surface area contributed by atoms with Gasteiger partial charge in [0.2, 0.25) is 5.91 Å². The largest absolute Gasteiger partial charge is 0.494 e. The van der Waals surface area contributed by atoms with E-state index in [1.54, 1.807) is 30.5 Å². The molecule has 1 saturated carbocycles. The van der Waals surface area contributed by atoms with E-state index in [0.29, 0.717) is 30.8 Å². The number of carbonyl (C=O) groups excluding carboxylic acids is 2. The first kappa shape index (κ1) is 21.2. The van der Waals surface area contributed by atoms with Crippen molar-refractivity contribution in [2.24, 2.45) is 5.92 Å². The van der Waals surface area contributed by atoms with Crippen molar-refractivity contribution < 1.29 is 14.3 Å². The van der Waals surface area contributed by atoms with E-state index in [0.717, 1.165) is 17.9 Å². The van der Waals surface area contributed by atoms with Crippen molar-refractivity contribution in [1.82, 2.24) is 20.2 Å². The molecular weight excluding hydrogens is 416 g/mol. The maximum atomic E-state index is 13.4. The summed E-state index contributed by atoms with van der Waals surface area (Å²) in [4.78, 5) is 30.8. The third kappa shape index (κ3) is 3.99. The molecule has 2 N–H and O–H groups in total. The van der Waals surface area contributed by atoms with E-state index in [4.69, 9.17) is 4.74 Å². The number of ether oxygens (including phenoxy) is 1. The smallest absolute Gasteiger partial charge is 0.252 e. The molecule has 1 fully saturated rings. The lowest BCUT2D eigenvalue weighted by atomic mass is 9.94. The molecule has 0 spiro atoms. The van der Waals surface area contributed by atoms with Gasteiger partial charge in [0.15, 0.2) is 0 Å². The number of hydrogen-bond acceptors (Lipinski definition) is 4. The van der Waals surface area contributed by atoms with Gasteiger partial charge in [-0.1, -0.05) is 25.1 Å². The van der Waals surface area contributed by atoms with Crippen LogP contribution < -0.4 is 15.4 Å². The number of fused-ring (bicyclic) bond motifs is 3. The lowest BCUT2D eigenvalue weighted by Gasteiger charge is -2.26. The van der Waals surface area contributed by atoms with Crippen LogP contribution in [-0.4, -0.2) is 33.5 Å². The van der Waals surface area contributed by atoms with Crippen LogP contribution in [0.2, 0.25) is 0 Å². The van der Waals surface area contributed by atoms with Crippen molar-refractivity contribution >= 4 is 11.8 Å². The van der Waals surface area contributed by atoms with Crippen LogP contribution >= 0.6 is 0 Å². The fraction of sp³-hybridized carbons (Fsp3) is 0.346. The minimum atomic E-state index is -0.869. The number of para-hydroxylation sites is 1. The van der Waals surface area contributed by atoms with E-state index in [2.05, 4.69) is 39.2 Å². The summed E-state index contributed by atoms with van der Waals surface area (Å²) < 4.78 is 7.50. The van der Waals surface area contributed by atoms with Crippen molar-refractivity contribution in [1.29, 1.82) is 0 Å². The SMILES string of the molecule is CCOc1ccc(C(=O)NC2(C(=O)NC3c4nccn4-c4ccccc4CC3C)CC2)cc1. The highest BCUT2D eigenvalue weighted by atomic mass is 16.5. The molecular formula is C26H28N4O3. The number of amides is 2. The van der Waals surface area contributed by atoms with Gasteiger partial charge in [0.25, 0.3) is 5.91 Å². The minimum Gasteiger partial charge on any atom is -0.494 e. The zero-order valence-corrected chi connectivity index (χ0v) is 18.9. The van der Waals surface area contributed by atoms with E-state index in [1.807, 2.05) is 25.3 Å². The average molecular weight is 445 g/mol. The lowest BCUT2D eigenvalue weighted by Crippen LogP contribution is -2.50. The van der Waals surface area contributed by atoms with Crippen LogP contribution in [0.1, 0.15) is 54.5 Å². The number of hydrogen-bond donors (Lipinski definition) is 2. The molecule has 7 heteroatoms. The number of nitrogens with one attached hydrogen (secondary N) is 2. The number of carbonyl (C=O) groups is 2. The van der Waals surface area contributed by atoms with Crippen LogP contribution in [0.4, 0.5) is 0 Å². The molecule has 1 aliphatic carbocycles. The van der Waals surface area contributed by atoms with Gasteiger partial charge in [-0.3, -0.25) is 9.59 Å². The summed E-state index contributed by atoms with van der Waals surface area (Å²) in [6.45, 7) is 4.61. The average Bonchev–Trinajstić information content (AvgIpc) is 3.47. The van der Waals surface area contributed by atoms with Gasteiger partial charge in [0.05, 0.1) is 12.6 Å². The Morgan fingerprint density at radius 2 is 1.91 bits per heavy atom. The Bertz CT molecular complexity index is 1180. The van der Waals surface area contributed by atoms with Crippen LogP contribution in [0.5, 0.6) is 5.75 Å². The number of aromatic nitrogens is 2. The summed E-state index contributed by atoms with van der Waals surface area (Å²) in [5.41, 5.74) is 1.96. The van der Waals surface area contributed by atoms with E-state index in [-0.39, 0.29) is 23.8 Å². The summed E-state index contributed by atoms with van der Waals surface area (Å²) in [7, 11) is 0. The molecule has 2 atom stereocenters. The van der Waals surface area contributed by atoms with Crippen molar-refractivity contribution in [2.45, 2.75) is 44.7 Å². The molecule has 2 unspecified atom stereocenters. The first-order valence-corrected chi connectivity index (χ1v) is 11.5. The number of imidazole rings is 1. The predicted octanol–water partition coefficient (Wildman–Crippen LogP) is 3.58. The second-order valence-electron chi connectivity index (χ2n) is 8.91. The molecule has 0 radical (unpaired) electrons. The topological polar surface area (TPSA) is 85.2 Å². The Morgan fingerprint density at radius 3 is 2.64 bits per heavy atom. The van der Waals surface area contributed by atoms with Gasteiger partial charge in [0, 0.05) is 23.6 Å². The van der Waals surface area contributed by atoms with Crippen LogP contribution in [0.3, 0.4) is 0 Å². The number of nitrogens with zero attached hydrogens (tertiary/aromatic N) is 2. The third-order valence-corrected chi connectivity index (χ3v) is 6.56. The fourth-order valence-corrected chi connectivity index (χ4v) is 4.57. The highest BCUT2D eigenvalue weighted by Crippen LogP contribution is 2.38. The summed E-state index contributed by atoms with van der Waals surface area (Å²) in [5.74, 6) is 1.27. The molecule has 2 aromatic carbocycles. The van der Waals surface area contributed by atoms with Crippen molar-refractivity contribution in [3.05, 3.63) is 77.9 Å². The first-order chi connectivity index (χ1) is 16.0. The highest BCUT2D eigenvalue weighted by molar-refractivity contribution is 6.00. The molecule has 2 amide bonds. The Hall–Kier alpha value is -3.61. The van der Waals surface area contributed by atoms with E-state index in [9.17, 15) is 9.59 Å². The third-order valence-electron chi connectivity index (χ3n) is 6.56. The molecule has 3 aromatic rings. The monoisotopic (exact) mass is 444 g/mol. The highest BCUT2D eigenvalue weighted by Gasteiger charge is 2.52. The minimum absolute atomic E-state index is 0.149. The lowest BCUT2D eigenvalue weighted by molar-refractivity contribution is -0.125. The Kier molecular flexibility index (Phi) is 5.40. The van der Waals surface area contributed by atoms with Gasteiger partial charge >= 0.3 is 0 Å². The van der Waals surface area contributed by atoms with Crippen LogP contribution in [0.25, 0.3) is 5.69 Å². The van der Waals surface area contributed by atoms with Crippen LogP contribution in [0, 0.1) is 5.92 Å². The van der Waals surface area contributed by atoms with E-state index in [1.165, 1.54) is 5.56 Å².